The molecule has 1 aromatic heterocycles. The topological polar surface area (TPSA) is 47.3 Å². The molecular formula is C7H7O3S-. The van der Waals surface area contributed by atoms with Crippen molar-refractivity contribution < 1.29 is 14.0 Å². The Kier molecular flexibility index (Phi) is 5.02. The van der Waals surface area contributed by atoms with E-state index in [1.54, 1.807) is 12.1 Å². The van der Waals surface area contributed by atoms with E-state index in [0.29, 0.717) is 12.0 Å². The van der Waals surface area contributed by atoms with Crippen LogP contribution in [0.5, 0.6) is 0 Å². The maximum absolute atomic E-state index is 9.77. The van der Waals surface area contributed by atoms with Gasteiger partial charge in [0.2, 0.25) is 0 Å². The number of rotatable bonds is 1. The van der Waals surface area contributed by atoms with E-state index in [4.69, 9.17) is 0 Å². The molecule has 1 heterocycles. The van der Waals surface area contributed by atoms with Gasteiger partial charge in [-0.25, -0.2) is 0 Å². The van der Waals surface area contributed by atoms with Crippen LogP contribution in [0.4, 0.5) is 0 Å². The number of carbonyl (C=O) groups is 2. The summed E-state index contributed by atoms with van der Waals surface area (Å²) in [6.45, 7) is 1.34. The van der Waals surface area contributed by atoms with Crippen LogP contribution in [0.1, 0.15) is 17.5 Å². The van der Waals surface area contributed by atoms with E-state index < -0.39 is 0 Å². The SMILES string of the molecule is CC(=O)[S-].O=Cc1ccco1. The van der Waals surface area contributed by atoms with E-state index in [0.717, 1.165) is 0 Å². The fraction of sp³-hybridized carbons (Fsp3) is 0.143. The average Bonchev–Trinajstić information content (AvgIpc) is 2.36. The van der Waals surface area contributed by atoms with Crippen LogP contribution in [-0.2, 0) is 17.4 Å². The van der Waals surface area contributed by atoms with Crippen molar-refractivity contribution in [2.45, 2.75) is 6.92 Å². The maximum Gasteiger partial charge on any atom is 0.185 e. The van der Waals surface area contributed by atoms with Crippen LogP contribution in [0, 0.1) is 0 Å². The van der Waals surface area contributed by atoms with Crippen molar-refractivity contribution in [3.05, 3.63) is 24.2 Å². The van der Waals surface area contributed by atoms with E-state index >= 15 is 0 Å². The lowest BCUT2D eigenvalue weighted by atomic mass is 10.5. The lowest BCUT2D eigenvalue weighted by Gasteiger charge is -1.82. The Hall–Kier alpha value is -1.16. The van der Waals surface area contributed by atoms with Gasteiger partial charge < -0.3 is 21.8 Å². The Morgan fingerprint density at radius 3 is 2.45 bits per heavy atom. The molecule has 0 N–H and O–H groups in total. The Morgan fingerprint density at radius 1 is 1.73 bits per heavy atom. The molecule has 0 aliphatic rings. The number of carbonyl (C=O) groups excluding carboxylic acids is 2. The molecule has 0 saturated carbocycles. The smallest absolute Gasteiger partial charge is 0.185 e. The first-order valence-corrected chi connectivity index (χ1v) is 3.24. The Bertz CT molecular complexity index is 212. The number of hydrogen-bond acceptors (Lipinski definition) is 4. The van der Waals surface area contributed by atoms with Crippen molar-refractivity contribution in [3.63, 3.8) is 0 Å². The van der Waals surface area contributed by atoms with E-state index in [-0.39, 0.29) is 5.12 Å². The summed E-state index contributed by atoms with van der Waals surface area (Å²) >= 11 is 3.98. The first-order chi connectivity index (χ1) is 5.16. The molecule has 0 bridgehead atoms. The summed E-state index contributed by atoms with van der Waals surface area (Å²) in [5, 5.41) is -0.250. The van der Waals surface area contributed by atoms with Crippen LogP contribution < -0.4 is 0 Å². The normalized spacial score (nSPS) is 7.73. The van der Waals surface area contributed by atoms with Crippen molar-refractivity contribution in [2.24, 2.45) is 0 Å². The van der Waals surface area contributed by atoms with Gasteiger partial charge in [0.15, 0.2) is 12.0 Å². The monoisotopic (exact) mass is 171 g/mol. The quantitative estimate of drug-likeness (QED) is 0.470. The van der Waals surface area contributed by atoms with E-state index in [2.05, 4.69) is 17.0 Å². The van der Waals surface area contributed by atoms with Gasteiger partial charge in [0.05, 0.1) is 6.26 Å². The van der Waals surface area contributed by atoms with Crippen LogP contribution in [0.15, 0.2) is 22.8 Å². The predicted molar refractivity (Wildman–Crippen MR) is 42.1 cm³/mol. The molecular weight excluding hydrogens is 164 g/mol. The second-order valence-electron chi connectivity index (χ2n) is 1.62. The summed E-state index contributed by atoms with van der Waals surface area (Å²) in [6.07, 6.45) is 2.13. The molecule has 0 aromatic carbocycles. The van der Waals surface area contributed by atoms with Crippen LogP contribution in [0.2, 0.25) is 0 Å². The second kappa shape index (κ2) is 5.61. The standard InChI is InChI=1S/C5H4O2.C2H4OS/c6-4-5-2-1-3-7-5;1-2(3)4/h1-4H;1H3,(H,3,4)/p-1. The molecule has 0 spiro atoms. The van der Waals surface area contributed by atoms with Crippen molar-refractivity contribution >= 4 is 24.0 Å². The summed E-state index contributed by atoms with van der Waals surface area (Å²) in [5.74, 6) is 0.375. The second-order valence-corrected chi connectivity index (χ2v) is 2.20. The molecule has 1 rings (SSSR count). The summed E-state index contributed by atoms with van der Waals surface area (Å²) in [6, 6.07) is 3.27. The summed E-state index contributed by atoms with van der Waals surface area (Å²) in [5.41, 5.74) is 0. The zero-order chi connectivity index (χ0) is 8.69. The average molecular weight is 171 g/mol. The first-order valence-electron chi connectivity index (χ1n) is 2.83. The van der Waals surface area contributed by atoms with Crippen molar-refractivity contribution in [1.82, 2.24) is 0 Å². The number of furan rings is 1. The molecule has 0 unspecified atom stereocenters. The lowest BCUT2D eigenvalue weighted by molar-refractivity contribution is -0.109. The van der Waals surface area contributed by atoms with Gasteiger partial charge in [-0.15, -0.1) is 0 Å². The molecule has 0 saturated heterocycles. The van der Waals surface area contributed by atoms with Gasteiger partial charge in [-0.05, 0) is 19.1 Å². The minimum absolute atomic E-state index is 0.250. The van der Waals surface area contributed by atoms with Gasteiger partial charge in [0.25, 0.3) is 0 Å². The molecule has 1 aromatic rings. The summed E-state index contributed by atoms with van der Waals surface area (Å²) in [7, 11) is 0. The molecule has 0 atom stereocenters. The molecule has 0 aliphatic carbocycles. The van der Waals surface area contributed by atoms with Crippen molar-refractivity contribution in [1.29, 1.82) is 0 Å². The minimum atomic E-state index is -0.250. The fourth-order valence-corrected chi connectivity index (χ4v) is 0.358. The van der Waals surface area contributed by atoms with E-state index in [1.165, 1.54) is 13.2 Å². The molecule has 11 heavy (non-hydrogen) atoms. The molecule has 0 amide bonds. The van der Waals surface area contributed by atoms with Crippen LogP contribution in [-0.4, -0.2) is 11.4 Å². The molecule has 60 valence electrons. The number of aldehydes is 1. The van der Waals surface area contributed by atoms with Crippen molar-refractivity contribution in [2.75, 3.05) is 0 Å². The highest BCUT2D eigenvalue weighted by molar-refractivity contribution is 7.76. The fourth-order valence-electron chi connectivity index (χ4n) is 0.358. The molecule has 0 aliphatic heterocycles. The van der Waals surface area contributed by atoms with Crippen molar-refractivity contribution in [3.8, 4) is 0 Å². The molecule has 0 radical (unpaired) electrons. The van der Waals surface area contributed by atoms with Gasteiger partial charge in [0.1, 0.15) is 0 Å². The molecule has 3 nitrogen and oxygen atoms in total. The minimum Gasteiger partial charge on any atom is -0.742 e. The van der Waals surface area contributed by atoms with Gasteiger partial charge >= 0.3 is 0 Å². The zero-order valence-corrected chi connectivity index (χ0v) is 6.76. The predicted octanol–water partition coefficient (Wildman–Crippen LogP) is 1.17. The first kappa shape index (κ1) is 9.84. The highest BCUT2D eigenvalue weighted by Crippen LogP contribution is 1.92. The van der Waals surface area contributed by atoms with Gasteiger partial charge in [-0.3, -0.25) is 4.79 Å². The highest BCUT2D eigenvalue weighted by atomic mass is 32.1. The van der Waals surface area contributed by atoms with Crippen LogP contribution in [0.25, 0.3) is 0 Å². The highest BCUT2D eigenvalue weighted by Gasteiger charge is 1.84. The van der Waals surface area contributed by atoms with Crippen LogP contribution >= 0.6 is 0 Å². The Balaban J connectivity index is 0.000000218. The summed E-state index contributed by atoms with van der Waals surface area (Å²) in [4.78, 5) is 19.0. The zero-order valence-electron chi connectivity index (χ0n) is 5.94. The third-order valence-corrected chi connectivity index (χ3v) is 0.659. The molecule has 0 fully saturated rings. The summed E-state index contributed by atoms with van der Waals surface area (Å²) < 4.78 is 4.61. The van der Waals surface area contributed by atoms with Gasteiger partial charge in [0, 0.05) is 5.12 Å². The van der Waals surface area contributed by atoms with Gasteiger partial charge in [-0.2, -0.15) is 0 Å². The third kappa shape index (κ3) is 6.73. The maximum atomic E-state index is 9.77. The largest absolute Gasteiger partial charge is 0.742 e. The van der Waals surface area contributed by atoms with Gasteiger partial charge in [-0.1, -0.05) is 0 Å². The van der Waals surface area contributed by atoms with E-state index in [9.17, 15) is 9.59 Å². The van der Waals surface area contributed by atoms with E-state index in [1.807, 2.05) is 0 Å². The van der Waals surface area contributed by atoms with Crippen LogP contribution in [0.3, 0.4) is 0 Å². The Labute approximate surface area is 69.8 Å². The molecule has 4 heteroatoms. The lowest BCUT2D eigenvalue weighted by Crippen LogP contribution is -1.72. The number of hydrogen-bond donors (Lipinski definition) is 0. The third-order valence-electron chi connectivity index (χ3n) is 0.659. The Morgan fingerprint density at radius 2 is 2.27 bits per heavy atom.